The van der Waals surface area contributed by atoms with Crippen LogP contribution in [0.3, 0.4) is 0 Å². The van der Waals surface area contributed by atoms with Gasteiger partial charge < -0.3 is 5.11 Å². The SMILES string of the molecule is O=C(O)c1ccc(Cl)c(N/N=C\c2ccc(F)c(F)c2)c1. The molecule has 2 rings (SSSR count). The lowest BCUT2D eigenvalue weighted by atomic mass is 10.2. The minimum atomic E-state index is -1.10. The minimum absolute atomic E-state index is 0.0462. The van der Waals surface area contributed by atoms with Crippen LogP contribution in [0.1, 0.15) is 15.9 Å². The molecule has 21 heavy (non-hydrogen) atoms. The van der Waals surface area contributed by atoms with Crippen LogP contribution in [-0.2, 0) is 0 Å². The van der Waals surface area contributed by atoms with E-state index < -0.39 is 17.6 Å². The number of rotatable bonds is 4. The molecule has 0 aliphatic carbocycles. The van der Waals surface area contributed by atoms with Gasteiger partial charge >= 0.3 is 5.97 Å². The van der Waals surface area contributed by atoms with Crippen LogP contribution in [0.5, 0.6) is 0 Å². The number of carbonyl (C=O) groups is 1. The van der Waals surface area contributed by atoms with E-state index >= 15 is 0 Å². The Bertz CT molecular complexity index is 720. The van der Waals surface area contributed by atoms with Crippen LogP contribution in [0.15, 0.2) is 41.5 Å². The number of nitrogens with one attached hydrogen (secondary N) is 1. The molecular formula is C14H9ClF2N2O2. The maximum Gasteiger partial charge on any atom is 0.335 e. The molecule has 2 N–H and O–H groups in total. The monoisotopic (exact) mass is 310 g/mol. The van der Waals surface area contributed by atoms with Gasteiger partial charge in [0.15, 0.2) is 11.6 Å². The topological polar surface area (TPSA) is 61.7 Å². The van der Waals surface area contributed by atoms with Crippen LogP contribution < -0.4 is 5.43 Å². The standard InChI is InChI=1S/C14H9ClF2N2O2/c15-10-3-2-9(14(20)21)6-13(10)19-18-7-8-1-4-11(16)12(17)5-8/h1-7,19H,(H,20,21)/b18-7-. The minimum Gasteiger partial charge on any atom is -0.478 e. The van der Waals surface area contributed by atoms with E-state index in [4.69, 9.17) is 16.7 Å². The molecule has 0 saturated carbocycles. The van der Waals surface area contributed by atoms with Gasteiger partial charge in [-0.1, -0.05) is 17.7 Å². The molecule has 7 heteroatoms. The molecule has 0 aromatic heterocycles. The highest BCUT2D eigenvalue weighted by molar-refractivity contribution is 6.33. The number of hydrogen-bond donors (Lipinski definition) is 2. The van der Waals surface area contributed by atoms with E-state index in [-0.39, 0.29) is 16.3 Å². The summed E-state index contributed by atoms with van der Waals surface area (Å²) in [5, 5.41) is 13.0. The van der Waals surface area contributed by atoms with E-state index in [9.17, 15) is 13.6 Å². The molecule has 4 nitrogen and oxygen atoms in total. The summed E-state index contributed by atoms with van der Waals surface area (Å²) < 4.78 is 25.7. The summed E-state index contributed by atoms with van der Waals surface area (Å²) in [5.74, 6) is -3.03. The molecule has 0 spiro atoms. The highest BCUT2D eigenvalue weighted by Crippen LogP contribution is 2.23. The van der Waals surface area contributed by atoms with E-state index in [1.54, 1.807) is 0 Å². The van der Waals surface area contributed by atoms with Crippen LogP contribution in [0.25, 0.3) is 0 Å². The maximum absolute atomic E-state index is 13.0. The van der Waals surface area contributed by atoms with Crippen molar-refractivity contribution in [3.63, 3.8) is 0 Å². The van der Waals surface area contributed by atoms with Gasteiger partial charge in [-0.2, -0.15) is 5.10 Å². The van der Waals surface area contributed by atoms with Crippen molar-refractivity contribution in [3.05, 3.63) is 64.2 Å². The molecule has 0 aliphatic heterocycles. The average Bonchev–Trinajstić information content (AvgIpc) is 2.44. The van der Waals surface area contributed by atoms with Gasteiger partial charge in [0.1, 0.15) is 0 Å². The summed E-state index contributed by atoms with van der Waals surface area (Å²) in [5.41, 5.74) is 3.22. The fourth-order valence-corrected chi connectivity index (χ4v) is 1.67. The predicted molar refractivity (Wildman–Crippen MR) is 76.0 cm³/mol. The number of nitrogens with zero attached hydrogens (tertiary/aromatic N) is 1. The summed E-state index contributed by atoms with van der Waals surface area (Å²) in [6.45, 7) is 0. The second kappa shape index (κ2) is 6.32. The Morgan fingerprint density at radius 2 is 1.95 bits per heavy atom. The molecule has 0 radical (unpaired) electrons. The summed E-state index contributed by atoms with van der Waals surface area (Å²) in [6, 6.07) is 7.39. The third-order valence-electron chi connectivity index (χ3n) is 2.56. The van der Waals surface area contributed by atoms with Crippen LogP contribution >= 0.6 is 11.6 Å². The van der Waals surface area contributed by atoms with Crippen molar-refractivity contribution in [3.8, 4) is 0 Å². The van der Waals surface area contributed by atoms with E-state index in [1.165, 1.54) is 30.5 Å². The first-order valence-electron chi connectivity index (χ1n) is 5.74. The summed E-state index contributed by atoms with van der Waals surface area (Å²) in [6.07, 6.45) is 1.26. The second-order valence-corrected chi connectivity index (χ2v) is 4.45. The number of hydrazone groups is 1. The predicted octanol–water partition coefficient (Wildman–Crippen LogP) is 3.76. The van der Waals surface area contributed by atoms with Crippen molar-refractivity contribution >= 4 is 29.5 Å². The fraction of sp³-hybridized carbons (Fsp3) is 0. The smallest absolute Gasteiger partial charge is 0.335 e. The van der Waals surface area contributed by atoms with Crippen molar-refractivity contribution in [2.24, 2.45) is 5.10 Å². The number of benzene rings is 2. The maximum atomic E-state index is 13.0. The van der Waals surface area contributed by atoms with Crippen LogP contribution in [0.4, 0.5) is 14.5 Å². The van der Waals surface area contributed by atoms with Crippen molar-refractivity contribution in [2.45, 2.75) is 0 Å². The zero-order valence-electron chi connectivity index (χ0n) is 10.5. The largest absolute Gasteiger partial charge is 0.478 e. The third-order valence-corrected chi connectivity index (χ3v) is 2.89. The number of carboxylic acids is 1. The molecule has 0 amide bonds. The number of anilines is 1. The van der Waals surface area contributed by atoms with Gasteiger partial charge in [0, 0.05) is 0 Å². The van der Waals surface area contributed by atoms with Crippen molar-refractivity contribution < 1.29 is 18.7 Å². The van der Waals surface area contributed by atoms with Crippen molar-refractivity contribution in [1.82, 2.24) is 0 Å². The Hall–Kier alpha value is -2.47. The van der Waals surface area contributed by atoms with E-state index in [1.807, 2.05) is 0 Å². The number of aromatic carboxylic acids is 1. The molecule has 2 aromatic rings. The van der Waals surface area contributed by atoms with Crippen LogP contribution in [-0.4, -0.2) is 17.3 Å². The zero-order valence-corrected chi connectivity index (χ0v) is 11.2. The van der Waals surface area contributed by atoms with Gasteiger partial charge in [-0.05, 0) is 35.9 Å². The van der Waals surface area contributed by atoms with Crippen molar-refractivity contribution in [1.29, 1.82) is 0 Å². The molecule has 0 atom stereocenters. The fourth-order valence-electron chi connectivity index (χ4n) is 1.51. The van der Waals surface area contributed by atoms with Gasteiger partial charge in [-0.3, -0.25) is 5.43 Å². The Morgan fingerprint density at radius 3 is 2.62 bits per heavy atom. The molecule has 0 saturated heterocycles. The lowest BCUT2D eigenvalue weighted by Crippen LogP contribution is -1.98. The molecule has 0 fully saturated rings. The molecular weight excluding hydrogens is 302 g/mol. The number of carboxylic acid groups (broad SMARTS) is 1. The Labute approximate surface area is 123 Å². The first-order chi connectivity index (χ1) is 9.97. The highest BCUT2D eigenvalue weighted by Gasteiger charge is 2.06. The molecule has 2 aromatic carbocycles. The van der Waals surface area contributed by atoms with Crippen molar-refractivity contribution in [2.75, 3.05) is 5.43 Å². The zero-order chi connectivity index (χ0) is 15.4. The average molecular weight is 311 g/mol. The summed E-state index contributed by atoms with van der Waals surface area (Å²) >= 11 is 5.89. The van der Waals surface area contributed by atoms with E-state index in [0.717, 1.165) is 12.1 Å². The lowest BCUT2D eigenvalue weighted by Gasteiger charge is -2.04. The number of hydrogen-bond acceptors (Lipinski definition) is 3. The molecule has 0 unspecified atom stereocenters. The van der Waals surface area contributed by atoms with Gasteiger partial charge in [0.25, 0.3) is 0 Å². The Morgan fingerprint density at radius 1 is 1.19 bits per heavy atom. The van der Waals surface area contributed by atoms with E-state index in [2.05, 4.69) is 10.5 Å². The Balaban J connectivity index is 2.15. The van der Waals surface area contributed by atoms with Gasteiger partial charge in [-0.25, -0.2) is 13.6 Å². The second-order valence-electron chi connectivity index (χ2n) is 4.04. The summed E-state index contributed by atoms with van der Waals surface area (Å²) in [4.78, 5) is 10.8. The van der Waals surface area contributed by atoms with Gasteiger partial charge in [-0.15, -0.1) is 0 Å². The summed E-state index contributed by atoms with van der Waals surface area (Å²) in [7, 11) is 0. The lowest BCUT2D eigenvalue weighted by molar-refractivity contribution is 0.0697. The first-order valence-corrected chi connectivity index (χ1v) is 6.12. The normalized spacial score (nSPS) is 10.8. The first kappa shape index (κ1) is 14.9. The molecule has 108 valence electrons. The number of halogens is 3. The van der Waals surface area contributed by atoms with Crippen LogP contribution in [0.2, 0.25) is 5.02 Å². The van der Waals surface area contributed by atoms with Crippen LogP contribution in [0, 0.1) is 11.6 Å². The molecule has 0 aliphatic rings. The molecule has 0 bridgehead atoms. The van der Waals surface area contributed by atoms with E-state index in [0.29, 0.717) is 5.56 Å². The highest BCUT2D eigenvalue weighted by atomic mass is 35.5. The molecule has 0 heterocycles. The Kier molecular flexibility index (Phi) is 4.49. The van der Waals surface area contributed by atoms with Gasteiger partial charge in [0.2, 0.25) is 0 Å². The third kappa shape index (κ3) is 3.76. The van der Waals surface area contributed by atoms with Gasteiger partial charge in [0.05, 0.1) is 22.5 Å². The quantitative estimate of drug-likeness (QED) is 0.667.